The molecule has 2 aliphatic rings. The molecule has 5 rings (SSSR count). The first kappa shape index (κ1) is 23.0. The molecule has 0 fully saturated rings. The average molecular weight is 489 g/mol. The summed E-state index contributed by atoms with van der Waals surface area (Å²) >= 11 is 1.37. The molecule has 1 unspecified atom stereocenters. The molecule has 8 heteroatoms. The van der Waals surface area contributed by atoms with E-state index < -0.39 is 29.7 Å². The van der Waals surface area contributed by atoms with E-state index in [1.54, 1.807) is 24.3 Å². The van der Waals surface area contributed by atoms with Crippen LogP contribution in [0.4, 0.5) is 5.00 Å². The van der Waals surface area contributed by atoms with Gasteiger partial charge in [-0.3, -0.25) is 19.3 Å². The van der Waals surface area contributed by atoms with Crippen molar-refractivity contribution in [1.29, 1.82) is 0 Å². The largest absolute Gasteiger partial charge is 0.465 e. The Morgan fingerprint density at radius 1 is 0.971 bits per heavy atom. The van der Waals surface area contributed by atoms with Gasteiger partial charge in [-0.25, -0.2) is 4.79 Å². The zero-order chi connectivity index (χ0) is 24.5. The van der Waals surface area contributed by atoms with Crippen LogP contribution in [-0.4, -0.2) is 41.7 Å². The van der Waals surface area contributed by atoms with Crippen molar-refractivity contribution < 1.29 is 23.9 Å². The predicted molar refractivity (Wildman–Crippen MR) is 132 cm³/mol. The molecule has 0 bridgehead atoms. The molecule has 1 N–H and O–H groups in total. The first-order valence-electron chi connectivity index (χ1n) is 11.5. The van der Waals surface area contributed by atoms with E-state index in [0.29, 0.717) is 10.6 Å². The molecule has 178 valence electrons. The van der Waals surface area contributed by atoms with Crippen LogP contribution in [0.2, 0.25) is 0 Å². The lowest BCUT2D eigenvalue weighted by Gasteiger charge is -2.25. The number of amides is 3. The first-order valence-corrected chi connectivity index (χ1v) is 12.4. The number of hydrogen-bond donors (Lipinski definition) is 1. The van der Waals surface area contributed by atoms with E-state index in [2.05, 4.69) is 5.32 Å². The molecule has 0 saturated heterocycles. The lowest BCUT2D eigenvalue weighted by Crippen LogP contribution is -2.48. The maximum Gasteiger partial charge on any atom is 0.341 e. The Bertz CT molecular complexity index is 1300. The Kier molecular flexibility index (Phi) is 6.21. The third kappa shape index (κ3) is 4.14. The van der Waals surface area contributed by atoms with Crippen molar-refractivity contribution in [3.63, 3.8) is 0 Å². The van der Waals surface area contributed by atoms with Crippen LogP contribution in [0, 0.1) is 0 Å². The topological polar surface area (TPSA) is 92.8 Å². The number of carbonyl (C=O) groups excluding carboxylic acids is 4. The van der Waals surface area contributed by atoms with Crippen LogP contribution in [0.1, 0.15) is 59.9 Å². The molecular weight excluding hydrogens is 464 g/mol. The van der Waals surface area contributed by atoms with Gasteiger partial charge in [0.25, 0.3) is 11.8 Å². The third-order valence-electron chi connectivity index (χ3n) is 6.51. The smallest absolute Gasteiger partial charge is 0.341 e. The van der Waals surface area contributed by atoms with E-state index in [9.17, 15) is 19.2 Å². The molecular formula is C27H24N2O5S. The zero-order valence-electron chi connectivity index (χ0n) is 19.2. The van der Waals surface area contributed by atoms with E-state index >= 15 is 0 Å². The van der Waals surface area contributed by atoms with Gasteiger partial charge in [0.2, 0.25) is 5.91 Å². The van der Waals surface area contributed by atoms with Crippen molar-refractivity contribution >= 4 is 40.0 Å². The predicted octanol–water partition coefficient (Wildman–Crippen LogP) is 4.26. The van der Waals surface area contributed by atoms with E-state index in [1.807, 2.05) is 30.3 Å². The summed E-state index contributed by atoms with van der Waals surface area (Å²) < 4.78 is 5.01. The van der Waals surface area contributed by atoms with Crippen molar-refractivity contribution in [2.75, 3.05) is 12.4 Å². The highest BCUT2D eigenvalue weighted by Crippen LogP contribution is 2.39. The Labute approximate surface area is 206 Å². The number of carbonyl (C=O) groups is 4. The normalized spacial score (nSPS) is 15.4. The van der Waals surface area contributed by atoms with Crippen molar-refractivity contribution in [2.45, 2.75) is 38.1 Å². The summed E-state index contributed by atoms with van der Waals surface area (Å²) in [5.74, 6) is -2.02. The molecule has 0 radical (unpaired) electrons. The minimum absolute atomic E-state index is 0.150. The van der Waals surface area contributed by atoms with E-state index in [1.165, 1.54) is 18.4 Å². The van der Waals surface area contributed by atoms with E-state index in [0.717, 1.165) is 46.6 Å². The second-order valence-electron chi connectivity index (χ2n) is 8.63. The van der Waals surface area contributed by atoms with Gasteiger partial charge >= 0.3 is 5.97 Å². The average Bonchev–Trinajstić information content (AvgIpc) is 3.37. The molecule has 2 aromatic carbocycles. The number of ether oxygens (including phenoxy) is 1. The van der Waals surface area contributed by atoms with Gasteiger partial charge in [-0.2, -0.15) is 0 Å². The summed E-state index contributed by atoms with van der Waals surface area (Å²) in [4.78, 5) is 54.9. The maximum absolute atomic E-state index is 13.7. The molecule has 0 spiro atoms. The lowest BCUT2D eigenvalue weighted by molar-refractivity contribution is -0.119. The van der Waals surface area contributed by atoms with Crippen LogP contribution >= 0.6 is 11.3 Å². The summed E-state index contributed by atoms with van der Waals surface area (Å²) in [6.45, 7) is 0. The van der Waals surface area contributed by atoms with E-state index in [-0.39, 0.29) is 17.5 Å². The Morgan fingerprint density at radius 3 is 2.26 bits per heavy atom. The van der Waals surface area contributed by atoms with Crippen LogP contribution in [0.15, 0.2) is 54.6 Å². The standard InChI is InChI=1S/C27H24N2O5S/c1-34-27(33)22-19-13-7-8-14-21(19)35-24(22)28-23(30)20(15-16-9-3-2-4-10-16)29-25(31)17-11-5-6-12-18(17)26(29)32/h2-6,9-12,20H,7-8,13-15H2,1H3,(H,28,30). The Hall–Kier alpha value is -3.78. The molecule has 1 aliphatic heterocycles. The number of benzene rings is 2. The van der Waals surface area contributed by atoms with Crippen LogP contribution in [0.25, 0.3) is 0 Å². The van der Waals surface area contributed by atoms with Crippen molar-refractivity contribution in [3.8, 4) is 0 Å². The fraction of sp³-hybridized carbons (Fsp3) is 0.259. The molecule has 7 nitrogen and oxygen atoms in total. The number of aryl methyl sites for hydroxylation is 1. The quantitative estimate of drug-likeness (QED) is 0.413. The van der Waals surface area contributed by atoms with Gasteiger partial charge in [0.1, 0.15) is 11.0 Å². The van der Waals surface area contributed by atoms with Crippen molar-refractivity contribution in [2.24, 2.45) is 0 Å². The third-order valence-corrected chi connectivity index (χ3v) is 7.72. The lowest BCUT2D eigenvalue weighted by atomic mass is 9.95. The molecule has 2 heterocycles. The fourth-order valence-corrected chi connectivity index (χ4v) is 6.08. The molecule has 1 atom stereocenters. The van der Waals surface area contributed by atoms with Crippen molar-refractivity contribution in [1.82, 2.24) is 4.90 Å². The van der Waals surface area contributed by atoms with Crippen LogP contribution in [0.5, 0.6) is 0 Å². The second-order valence-corrected chi connectivity index (χ2v) is 9.73. The van der Waals surface area contributed by atoms with Gasteiger partial charge in [0.05, 0.1) is 23.8 Å². The SMILES string of the molecule is COC(=O)c1c(NC(=O)C(Cc2ccccc2)N2C(=O)c3ccccc3C2=O)sc2c1CCCC2. The molecule has 1 aromatic heterocycles. The Morgan fingerprint density at radius 2 is 1.60 bits per heavy atom. The highest BCUT2D eigenvalue weighted by atomic mass is 32.1. The maximum atomic E-state index is 13.7. The fourth-order valence-electron chi connectivity index (χ4n) is 4.80. The van der Waals surface area contributed by atoms with Crippen LogP contribution < -0.4 is 5.32 Å². The zero-order valence-corrected chi connectivity index (χ0v) is 20.0. The second kappa shape index (κ2) is 9.46. The Balaban J connectivity index is 1.52. The summed E-state index contributed by atoms with van der Waals surface area (Å²) in [6.07, 6.45) is 3.72. The molecule has 3 amide bonds. The van der Waals surface area contributed by atoms with Crippen LogP contribution in [0.3, 0.4) is 0 Å². The molecule has 35 heavy (non-hydrogen) atoms. The molecule has 0 saturated carbocycles. The monoisotopic (exact) mass is 488 g/mol. The summed E-state index contributed by atoms with van der Waals surface area (Å²) in [5.41, 5.74) is 2.67. The number of nitrogens with one attached hydrogen (secondary N) is 1. The number of rotatable bonds is 6. The van der Waals surface area contributed by atoms with Crippen molar-refractivity contribution in [3.05, 3.63) is 87.3 Å². The number of methoxy groups -OCH3 is 1. The minimum atomic E-state index is -1.09. The minimum Gasteiger partial charge on any atom is -0.465 e. The van der Waals surface area contributed by atoms with Crippen LogP contribution in [-0.2, 0) is 28.8 Å². The van der Waals surface area contributed by atoms with Gasteiger partial charge in [-0.1, -0.05) is 42.5 Å². The number of anilines is 1. The number of imide groups is 1. The first-order chi connectivity index (χ1) is 17.0. The molecule has 1 aliphatic carbocycles. The number of thiophene rings is 1. The highest BCUT2D eigenvalue weighted by molar-refractivity contribution is 7.17. The van der Waals surface area contributed by atoms with Gasteiger partial charge in [0, 0.05) is 11.3 Å². The van der Waals surface area contributed by atoms with Gasteiger partial charge < -0.3 is 10.1 Å². The number of nitrogens with zero attached hydrogens (tertiary/aromatic N) is 1. The summed E-state index contributed by atoms with van der Waals surface area (Å²) in [5, 5.41) is 3.29. The van der Waals surface area contributed by atoms with Gasteiger partial charge in [-0.15, -0.1) is 11.3 Å². The number of hydrogen-bond acceptors (Lipinski definition) is 6. The number of fused-ring (bicyclic) bond motifs is 2. The molecule has 3 aromatic rings. The van der Waals surface area contributed by atoms with E-state index in [4.69, 9.17) is 4.74 Å². The van der Waals surface area contributed by atoms with Gasteiger partial charge in [-0.05, 0) is 48.9 Å². The summed E-state index contributed by atoms with van der Waals surface area (Å²) in [6, 6.07) is 14.7. The van der Waals surface area contributed by atoms with Gasteiger partial charge in [0.15, 0.2) is 0 Å². The number of esters is 1. The highest BCUT2D eigenvalue weighted by Gasteiger charge is 2.43. The summed E-state index contributed by atoms with van der Waals surface area (Å²) in [7, 11) is 1.32.